The van der Waals surface area contributed by atoms with Crippen molar-refractivity contribution in [1.82, 2.24) is 15.5 Å². The molecule has 0 unspecified atom stereocenters. The van der Waals surface area contributed by atoms with Crippen LogP contribution < -0.4 is 22.1 Å². The van der Waals surface area contributed by atoms with Gasteiger partial charge in [-0.2, -0.15) is 0 Å². The molecule has 0 aromatic heterocycles. The largest absolute Gasteiger partial charge is 0.508 e. The third-order valence-corrected chi connectivity index (χ3v) is 10.1. The van der Waals surface area contributed by atoms with E-state index in [4.69, 9.17) is 11.5 Å². The van der Waals surface area contributed by atoms with Gasteiger partial charge in [-0.1, -0.05) is 35.4 Å². The van der Waals surface area contributed by atoms with Crippen LogP contribution in [-0.4, -0.2) is 64.3 Å². The molecule has 1 fully saturated rings. The highest BCUT2D eigenvalue weighted by molar-refractivity contribution is 5.95. The maximum atomic E-state index is 14.1. The van der Waals surface area contributed by atoms with Crippen molar-refractivity contribution in [2.24, 2.45) is 11.5 Å². The minimum atomic E-state index is -1.04. The first kappa shape index (κ1) is 38.1. The lowest BCUT2D eigenvalue weighted by molar-refractivity contribution is -0.140. The Morgan fingerprint density at radius 1 is 0.720 bits per heavy atom. The van der Waals surface area contributed by atoms with Crippen LogP contribution in [0.3, 0.4) is 0 Å². The summed E-state index contributed by atoms with van der Waals surface area (Å²) in [4.78, 5) is 56.0. The molecule has 50 heavy (non-hydrogen) atoms. The maximum absolute atomic E-state index is 14.1. The first-order valence-corrected chi connectivity index (χ1v) is 17.3. The highest BCUT2D eigenvalue weighted by atomic mass is 16.3. The summed E-state index contributed by atoms with van der Waals surface area (Å²) in [7, 11) is 0. The van der Waals surface area contributed by atoms with E-state index in [1.165, 1.54) is 4.90 Å². The van der Waals surface area contributed by atoms with Gasteiger partial charge in [0, 0.05) is 19.4 Å². The van der Waals surface area contributed by atoms with Gasteiger partial charge in [0.2, 0.25) is 23.6 Å². The predicted molar refractivity (Wildman–Crippen MR) is 196 cm³/mol. The van der Waals surface area contributed by atoms with Crippen molar-refractivity contribution in [3.8, 4) is 5.75 Å². The van der Waals surface area contributed by atoms with Gasteiger partial charge in [-0.25, -0.2) is 0 Å². The zero-order chi connectivity index (χ0) is 37.0. The molecule has 3 aromatic rings. The number of rotatable bonds is 12. The van der Waals surface area contributed by atoms with Crippen LogP contribution in [0.15, 0.2) is 36.4 Å². The number of nitrogens with zero attached hydrogens (tertiary/aromatic N) is 1. The number of carbonyl (C=O) groups excluding carboxylic acids is 4. The number of carbonyl (C=O) groups is 4. The number of nitrogens with two attached hydrogens (primary N) is 2. The number of amides is 4. The Bertz CT molecular complexity index is 1730. The molecule has 1 heterocycles. The summed E-state index contributed by atoms with van der Waals surface area (Å²) in [5, 5.41) is 15.7. The van der Waals surface area contributed by atoms with Crippen LogP contribution >= 0.6 is 0 Å². The second kappa shape index (κ2) is 15.9. The van der Waals surface area contributed by atoms with E-state index in [1.807, 2.05) is 79.7 Å². The highest BCUT2D eigenvalue weighted by Crippen LogP contribution is 2.25. The van der Waals surface area contributed by atoms with E-state index >= 15 is 0 Å². The number of hydrogen-bond acceptors (Lipinski definition) is 6. The average molecular weight is 684 g/mol. The third kappa shape index (κ3) is 8.90. The van der Waals surface area contributed by atoms with Gasteiger partial charge in [-0.3, -0.25) is 19.2 Å². The van der Waals surface area contributed by atoms with Gasteiger partial charge in [0.25, 0.3) is 0 Å². The Hall–Kier alpha value is -4.70. The number of aryl methyl sites for hydroxylation is 8. The molecule has 1 aliphatic heterocycles. The van der Waals surface area contributed by atoms with Gasteiger partial charge >= 0.3 is 0 Å². The van der Waals surface area contributed by atoms with Gasteiger partial charge in [0.05, 0.1) is 6.04 Å². The number of primary amides is 1. The van der Waals surface area contributed by atoms with Crippen molar-refractivity contribution in [2.75, 3.05) is 6.54 Å². The van der Waals surface area contributed by atoms with Gasteiger partial charge in [-0.05, 0) is 137 Å². The van der Waals surface area contributed by atoms with Crippen molar-refractivity contribution in [2.45, 2.75) is 112 Å². The minimum Gasteiger partial charge on any atom is -0.508 e. The summed E-state index contributed by atoms with van der Waals surface area (Å²) in [5.74, 6) is -1.86. The third-order valence-electron chi connectivity index (χ3n) is 10.1. The molecule has 0 bridgehead atoms. The summed E-state index contributed by atoms with van der Waals surface area (Å²) in [6, 6.07) is 7.65. The topological polar surface area (TPSA) is 168 Å². The van der Waals surface area contributed by atoms with Crippen molar-refractivity contribution in [1.29, 1.82) is 0 Å². The van der Waals surface area contributed by atoms with Gasteiger partial charge < -0.3 is 32.1 Å². The van der Waals surface area contributed by atoms with Crippen LogP contribution in [0.25, 0.3) is 0 Å². The molecule has 268 valence electrons. The molecule has 10 heteroatoms. The smallest absolute Gasteiger partial charge is 0.243 e. The molecule has 4 amide bonds. The number of benzene rings is 3. The summed E-state index contributed by atoms with van der Waals surface area (Å²) in [6.07, 6.45) is 1.69. The number of phenolic OH excluding ortho intramolecular Hbond substituents is 1. The van der Waals surface area contributed by atoms with Crippen LogP contribution in [0.2, 0.25) is 0 Å². The molecule has 4 atom stereocenters. The summed E-state index contributed by atoms with van der Waals surface area (Å²) < 4.78 is 0. The molecule has 1 aliphatic rings. The fourth-order valence-electron chi connectivity index (χ4n) is 7.56. The molecule has 0 radical (unpaired) electrons. The summed E-state index contributed by atoms with van der Waals surface area (Å²) in [6.45, 7) is 16.0. The second-order valence-electron chi connectivity index (χ2n) is 14.2. The molecule has 0 saturated carbocycles. The lowest BCUT2D eigenvalue weighted by Gasteiger charge is -2.29. The molecular formula is C40H53N5O5. The van der Waals surface area contributed by atoms with E-state index < -0.39 is 41.9 Å². The highest BCUT2D eigenvalue weighted by Gasteiger charge is 2.38. The Kier molecular flexibility index (Phi) is 12.1. The van der Waals surface area contributed by atoms with Gasteiger partial charge in [0.15, 0.2) is 0 Å². The van der Waals surface area contributed by atoms with E-state index in [0.717, 1.165) is 61.2 Å². The van der Waals surface area contributed by atoms with Crippen molar-refractivity contribution < 1.29 is 24.3 Å². The molecule has 7 N–H and O–H groups in total. The van der Waals surface area contributed by atoms with Gasteiger partial charge in [-0.15, -0.1) is 0 Å². The quantitative estimate of drug-likeness (QED) is 0.195. The van der Waals surface area contributed by atoms with Crippen LogP contribution in [0.5, 0.6) is 5.75 Å². The fraction of sp³-hybridized carbons (Fsp3) is 0.450. The first-order chi connectivity index (χ1) is 23.5. The standard InChI is InChI=1S/C40H53N5O5/c1-21-12-23(3)31(24(4)13-21)19-34(37(42)47)43-38(48)35(20-32-25(5)14-22(2)15-26(32)6)44-39(49)36-10-9-11-45(36)40(50)33(41)18-30-27(7)16-29(46)17-28(30)8/h12-17,33-36,46H,9-11,18-20,41H2,1-8H3,(H2,42,47)(H,43,48)(H,44,49)/t33-,34-,35-,36-/m0/s1. The summed E-state index contributed by atoms with van der Waals surface area (Å²) in [5.41, 5.74) is 22.8. The van der Waals surface area contributed by atoms with E-state index in [1.54, 1.807) is 12.1 Å². The zero-order valence-electron chi connectivity index (χ0n) is 30.7. The zero-order valence-corrected chi connectivity index (χ0v) is 30.7. The minimum absolute atomic E-state index is 0.150. The lowest BCUT2D eigenvalue weighted by atomic mass is 9.92. The number of hydrogen-bond donors (Lipinski definition) is 5. The molecule has 1 saturated heterocycles. The summed E-state index contributed by atoms with van der Waals surface area (Å²) >= 11 is 0. The Morgan fingerprint density at radius 3 is 1.64 bits per heavy atom. The van der Waals surface area contributed by atoms with E-state index in [2.05, 4.69) is 10.6 Å². The maximum Gasteiger partial charge on any atom is 0.243 e. The Labute approximate surface area is 296 Å². The van der Waals surface area contributed by atoms with Crippen molar-refractivity contribution in [3.63, 3.8) is 0 Å². The first-order valence-electron chi connectivity index (χ1n) is 17.3. The average Bonchev–Trinajstić information content (AvgIpc) is 3.50. The molecule has 10 nitrogen and oxygen atoms in total. The fourth-order valence-corrected chi connectivity index (χ4v) is 7.56. The number of aromatic hydroxyl groups is 1. The van der Waals surface area contributed by atoms with E-state index in [9.17, 15) is 24.3 Å². The Morgan fingerprint density at radius 2 is 1.16 bits per heavy atom. The lowest BCUT2D eigenvalue weighted by Crippen LogP contribution is -2.58. The number of phenols is 1. The van der Waals surface area contributed by atoms with E-state index in [0.29, 0.717) is 19.4 Å². The SMILES string of the molecule is Cc1cc(C)c(C[C@H](NC(=O)[C@H](Cc2c(C)cc(C)cc2C)NC(=O)[C@@H]2CCCN2C(=O)[C@@H](N)Cc2c(C)cc(O)cc2C)C(N)=O)c(C)c1. The molecule has 3 aromatic carbocycles. The van der Waals surface area contributed by atoms with Crippen molar-refractivity contribution >= 4 is 23.6 Å². The number of likely N-dealkylation sites (tertiary alicyclic amines) is 1. The second-order valence-corrected chi connectivity index (χ2v) is 14.2. The van der Waals surface area contributed by atoms with Crippen LogP contribution in [-0.2, 0) is 38.4 Å². The molecule has 4 rings (SSSR count). The molecule has 0 aliphatic carbocycles. The van der Waals surface area contributed by atoms with Crippen LogP contribution in [0, 0.1) is 55.4 Å². The molecule has 0 spiro atoms. The van der Waals surface area contributed by atoms with Gasteiger partial charge in [0.1, 0.15) is 23.9 Å². The molecular weight excluding hydrogens is 630 g/mol. The monoisotopic (exact) mass is 683 g/mol. The Balaban J connectivity index is 1.58. The number of nitrogens with one attached hydrogen (secondary N) is 2. The van der Waals surface area contributed by atoms with Crippen LogP contribution in [0.1, 0.15) is 74.0 Å². The van der Waals surface area contributed by atoms with E-state index in [-0.39, 0.29) is 30.9 Å². The van der Waals surface area contributed by atoms with Crippen LogP contribution in [0.4, 0.5) is 0 Å². The van der Waals surface area contributed by atoms with Crippen molar-refractivity contribution in [3.05, 3.63) is 97.6 Å². The normalized spacial score (nSPS) is 16.1. The predicted octanol–water partition coefficient (Wildman–Crippen LogP) is 3.66.